The van der Waals surface area contributed by atoms with E-state index < -0.39 is 22.4 Å². The van der Waals surface area contributed by atoms with Crippen molar-refractivity contribution in [3.05, 3.63) is 83.7 Å². The maximum Gasteiger partial charge on any atom is 0.265 e. The number of nitrogens with one attached hydrogen (secondary N) is 1. The first-order chi connectivity index (χ1) is 19.8. The van der Waals surface area contributed by atoms with E-state index >= 15 is 0 Å². The number of aliphatic hydroxyl groups excluding tert-OH is 1. The molecule has 0 fully saturated rings. The number of aryl methyl sites for hydroxylation is 2. The summed E-state index contributed by atoms with van der Waals surface area (Å²) in [4.78, 5) is 15.2. The van der Waals surface area contributed by atoms with E-state index in [1.165, 1.54) is 18.5 Å². The lowest BCUT2D eigenvalue weighted by Gasteiger charge is -2.43. The molecule has 42 heavy (non-hydrogen) atoms. The van der Waals surface area contributed by atoms with Gasteiger partial charge in [0, 0.05) is 35.6 Å². The zero-order valence-corrected chi connectivity index (χ0v) is 26.2. The number of aliphatic hydroxyl groups is 1. The minimum atomic E-state index is -4.16. The molecule has 0 aliphatic carbocycles. The van der Waals surface area contributed by atoms with Crippen LogP contribution in [0.15, 0.2) is 71.9 Å². The van der Waals surface area contributed by atoms with E-state index in [-0.39, 0.29) is 34.7 Å². The van der Waals surface area contributed by atoms with Crippen LogP contribution in [0, 0.1) is 19.8 Å². The molecule has 0 saturated heterocycles. The van der Waals surface area contributed by atoms with Crippen LogP contribution in [0.5, 0.6) is 5.88 Å². The summed E-state index contributed by atoms with van der Waals surface area (Å²) in [7, 11) is -4.16. The Morgan fingerprint density at radius 1 is 1.14 bits per heavy atom. The van der Waals surface area contributed by atoms with Crippen molar-refractivity contribution in [3.63, 3.8) is 0 Å². The highest BCUT2D eigenvalue weighted by molar-refractivity contribution is 7.92. The molecule has 1 aliphatic heterocycles. The molecule has 0 radical (unpaired) electrons. The van der Waals surface area contributed by atoms with Crippen molar-refractivity contribution in [1.29, 1.82) is 0 Å². The Hall–Kier alpha value is -3.60. The van der Waals surface area contributed by atoms with Crippen LogP contribution >= 0.6 is 0 Å². The van der Waals surface area contributed by atoms with E-state index in [9.17, 15) is 13.5 Å². The summed E-state index contributed by atoms with van der Waals surface area (Å²) in [6, 6.07) is 8.65. The van der Waals surface area contributed by atoms with Gasteiger partial charge >= 0.3 is 0 Å². The number of pyridine rings is 1. The summed E-state index contributed by atoms with van der Waals surface area (Å²) < 4.78 is 36.4. The fourth-order valence-electron chi connectivity index (χ4n) is 5.57. The highest BCUT2D eigenvalue weighted by atomic mass is 32.2. The molecule has 0 amide bonds. The molecule has 3 heterocycles. The Balaban J connectivity index is 2.05. The predicted molar refractivity (Wildman–Crippen MR) is 166 cm³/mol. The number of allylic oxidation sites excluding steroid dienone is 2. The molecule has 4 bridgehead atoms. The number of fused-ring (bicyclic) bond motifs is 4. The third-order valence-corrected chi connectivity index (χ3v) is 8.70. The molecular weight excluding hydrogens is 550 g/mol. The number of benzene rings is 1. The maximum atomic E-state index is 13.6. The fraction of sp³-hybridized carbons (Fsp3) is 0.406. The summed E-state index contributed by atoms with van der Waals surface area (Å²) in [6.45, 7) is 18.0. The Morgan fingerprint density at radius 2 is 1.83 bits per heavy atom. The molecule has 9 nitrogen and oxygen atoms in total. The SMILES string of the molecule is C=C/C=C(\C)[C@@H]1Oc2cc(-c3c(C)cccc3C)nc(n2)NS(=O)(=O)c2cncc(c2)C(O)N(C(C)C)[C@@H]1CC(C)C. The van der Waals surface area contributed by atoms with Crippen molar-refractivity contribution in [3.8, 4) is 17.1 Å². The van der Waals surface area contributed by atoms with E-state index in [1.54, 1.807) is 12.1 Å². The third-order valence-electron chi connectivity index (χ3n) is 7.41. The van der Waals surface area contributed by atoms with Crippen LogP contribution in [0.2, 0.25) is 0 Å². The van der Waals surface area contributed by atoms with Gasteiger partial charge in [-0.25, -0.2) is 18.1 Å². The van der Waals surface area contributed by atoms with Crippen LogP contribution in [0.3, 0.4) is 0 Å². The first-order valence-electron chi connectivity index (χ1n) is 14.2. The first kappa shape index (κ1) is 31.3. The van der Waals surface area contributed by atoms with Crippen molar-refractivity contribution in [2.45, 2.75) is 84.2 Å². The minimum Gasteiger partial charge on any atom is -0.468 e. The van der Waals surface area contributed by atoms with E-state index in [0.29, 0.717) is 17.7 Å². The number of ether oxygens (including phenoxy) is 1. The Kier molecular flexibility index (Phi) is 9.50. The molecular formula is C32H41N5O4S. The molecule has 1 aliphatic rings. The van der Waals surface area contributed by atoms with Crippen LogP contribution in [0.1, 0.15) is 64.0 Å². The summed E-state index contributed by atoms with van der Waals surface area (Å²) in [5, 5.41) is 11.8. The Labute approximate surface area is 249 Å². The summed E-state index contributed by atoms with van der Waals surface area (Å²) in [5.74, 6) is 0.332. The molecule has 1 aromatic carbocycles. The third kappa shape index (κ3) is 6.72. The summed E-state index contributed by atoms with van der Waals surface area (Å²) >= 11 is 0. The summed E-state index contributed by atoms with van der Waals surface area (Å²) in [6.07, 6.45) is 5.29. The molecule has 0 saturated carbocycles. The first-order valence-corrected chi connectivity index (χ1v) is 15.7. The zero-order valence-electron chi connectivity index (χ0n) is 25.4. The topological polar surface area (TPSA) is 118 Å². The van der Waals surface area contributed by atoms with Crippen molar-refractivity contribution in [2.75, 3.05) is 4.72 Å². The maximum absolute atomic E-state index is 13.6. The van der Waals surface area contributed by atoms with Gasteiger partial charge in [-0.1, -0.05) is 50.8 Å². The molecule has 0 spiro atoms. The van der Waals surface area contributed by atoms with Gasteiger partial charge < -0.3 is 9.84 Å². The number of hydrogen-bond donors (Lipinski definition) is 2. The van der Waals surface area contributed by atoms with E-state index in [1.807, 2.05) is 63.8 Å². The van der Waals surface area contributed by atoms with Crippen LogP contribution in [-0.4, -0.2) is 51.6 Å². The van der Waals surface area contributed by atoms with Gasteiger partial charge in [-0.05, 0) is 69.7 Å². The number of hydrogen-bond acceptors (Lipinski definition) is 8. The second kappa shape index (κ2) is 12.7. The molecule has 10 heteroatoms. The van der Waals surface area contributed by atoms with E-state index in [0.717, 1.165) is 22.3 Å². The Morgan fingerprint density at radius 3 is 2.45 bits per heavy atom. The van der Waals surface area contributed by atoms with Gasteiger partial charge in [-0.2, -0.15) is 4.98 Å². The number of anilines is 1. The standard InChI is InChI=1S/C32H41N5O4S/c1-9-11-23(8)30-27(14-19(2)3)37(20(4)5)31(38)24-15-25(18-33-17-24)42(39,40)36-32-34-26(16-28(35-32)41-30)29-21(6)12-10-13-22(29)7/h9-13,15-20,27,30-31,38H,1,14H2,2-8H3,(H,34,35,36)/b23-11+/t27-,30+,31?/m1/s1. The quantitative estimate of drug-likeness (QED) is 0.337. The predicted octanol–water partition coefficient (Wildman–Crippen LogP) is 5.97. The monoisotopic (exact) mass is 591 g/mol. The van der Waals surface area contributed by atoms with Gasteiger partial charge in [0.05, 0.1) is 11.7 Å². The van der Waals surface area contributed by atoms with Crippen LogP contribution < -0.4 is 9.46 Å². The lowest BCUT2D eigenvalue weighted by Crippen LogP contribution is -2.52. The van der Waals surface area contributed by atoms with Crippen molar-refractivity contribution < 1.29 is 18.3 Å². The number of rotatable bonds is 6. The van der Waals surface area contributed by atoms with Gasteiger partial charge in [0.1, 0.15) is 17.2 Å². The fourth-order valence-corrected chi connectivity index (χ4v) is 6.51. The zero-order chi connectivity index (χ0) is 30.8. The highest BCUT2D eigenvalue weighted by Gasteiger charge is 2.38. The lowest BCUT2D eigenvalue weighted by molar-refractivity contribution is -0.0774. The van der Waals surface area contributed by atoms with E-state index in [4.69, 9.17) is 4.74 Å². The smallest absolute Gasteiger partial charge is 0.265 e. The van der Waals surface area contributed by atoms with Crippen LogP contribution in [-0.2, 0) is 10.0 Å². The van der Waals surface area contributed by atoms with Gasteiger partial charge in [-0.3, -0.25) is 9.88 Å². The second-order valence-electron chi connectivity index (χ2n) is 11.5. The molecule has 4 rings (SSSR count). The largest absolute Gasteiger partial charge is 0.468 e. The van der Waals surface area contributed by atoms with Crippen molar-refractivity contribution in [1.82, 2.24) is 19.9 Å². The number of nitrogens with zero attached hydrogens (tertiary/aromatic N) is 4. The molecule has 2 aromatic heterocycles. The van der Waals surface area contributed by atoms with Gasteiger partial charge in [0.15, 0.2) is 0 Å². The van der Waals surface area contributed by atoms with Crippen LogP contribution in [0.4, 0.5) is 5.95 Å². The molecule has 3 atom stereocenters. The van der Waals surface area contributed by atoms with Crippen molar-refractivity contribution >= 4 is 16.0 Å². The molecule has 3 aromatic rings. The van der Waals surface area contributed by atoms with E-state index in [2.05, 4.69) is 40.1 Å². The van der Waals surface area contributed by atoms with Crippen LogP contribution in [0.25, 0.3) is 11.3 Å². The normalized spacial score (nSPS) is 21.1. The average Bonchev–Trinajstić information content (AvgIpc) is 2.90. The lowest BCUT2D eigenvalue weighted by atomic mass is 9.91. The highest BCUT2D eigenvalue weighted by Crippen LogP contribution is 2.35. The number of aromatic nitrogens is 3. The second-order valence-corrected chi connectivity index (χ2v) is 13.2. The average molecular weight is 592 g/mol. The minimum absolute atomic E-state index is 0.106. The molecule has 224 valence electrons. The summed E-state index contributed by atoms with van der Waals surface area (Å²) in [5.41, 5.74) is 4.59. The van der Waals surface area contributed by atoms with Gasteiger partial charge in [0.2, 0.25) is 11.8 Å². The Bertz CT molecular complexity index is 1570. The van der Waals surface area contributed by atoms with Crippen molar-refractivity contribution in [2.24, 2.45) is 5.92 Å². The number of sulfonamides is 1. The van der Waals surface area contributed by atoms with Gasteiger partial charge in [-0.15, -0.1) is 0 Å². The van der Waals surface area contributed by atoms with Gasteiger partial charge in [0.25, 0.3) is 10.0 Å². The molecule has 1 unspecified atom stereocenters. The molecule has 2 N–H and O–H groups in total.